The van der Waals surface area contributed by atoms with Crippen molar-refractivity contribution in [2.24, 2.45) is 0 Å². The molecule has 0 amide bonds. The number of hydrogen-bond acceptors (Lipinski definition) is 2. The number of benzene rings is 2. The topological polar surface area (TPSA) is 46.2 Å². The summed E-state index contributed by atoms with van der Waals surface area (Å²) in [4.78, 5) is 0. The third-order valence-corrected chi connectivity index (χ3v) is 5.30. The molecule has 0 heterocycles. The molecule has 2 rings (SSSR count). The van der Waals surface area contributed by atoms with Crippen molar-refractivity contribution in [3.63, 3.8) is 0 Å². The minimum Gasteiger partial charge on any atom is -0.215 e. The highest BCUT2D eigenvalue weighted by Crippen LogP contribution is 2.23. The van der Waals surface area contributed by atoms with Crippen molar-refractivity contribution in [3.8, 4) is 0 Å². The molecular weight excluding hydrogens is 365 g/mol. The van der Waals surface area contributed by atoms with E-state index in [1.165, 1.54) is 0 Å². The van der Waals surface area contributed by atoms with Gasteiger partial charge in [-0.15, -0.1) is 0 Å². The summed E-state index contributed by atoms with van der Waals surface area (Å²) in [5, 5.41) is 1.38. The van der Waals surface area contributed by atoms with Crippen molar-refractivity contribution >= 4 is 44.8 Å². The highest BCUT2D eigenvalue weighted by molar-refractivity contribution is 7.88. The Kier molecular flexibility index (Phi) is 6.12. The summed E-state index contributed by atoms with van der Waals surface area (Å²) in [5.41, 5.74) is 1.56. The summed E-state index contributed by atoms with van der Waals surface area (Å²) in [6, 6.07) is 12.1. The molecule has 0 saturated heterocycles. The molecule has 0 fully saturated rings. The minimum atomic E-state index is -3.43. The second-order valence-electron chi connectivity index (χ2n) is 4.78. The van der Waals surface area contributed by atoms with E-state index in [1.54, 1.807) is 24.3 Å². The van der Waals surface area contributed by atoms with Crippen molar-refractivity contribution in [2.75, 3.05) is 6.54 Å². The molecule has 0 aromatic heterocycles. The van der Waals surface area contributed by atoms with Crippen molar-refractivity contribution in [2.45, 2.75) is 12.2 Å². The number of sulfonamides is 1. The van der Waals surface area contributed by atoms with Crippen LogP contribution < -0.4 is 4.72 Å². The second-order valence-corrected chi connectivity index (χ2v) is 7.84. The van der Waals surface area contributed by atoms with Gasteiger partial charge in [0.2, 0.25) is 10.0 Å². The van der Waals surface area contributed by atoms with E-state index < -0.39 is 10.0 Å². The molecule has 22 heavy (non-hydrogen) atoms. The molecular formula is C15H14Cl3NO2S. The molecule has 0 radical (unpaired) electrons. The molecule has 0 bridgehead atoms. The Labute approximate surface area is 145 Å². The van der Waals surface area contributed by atoms with Gasteiger partial charge < -0.3 is 0 Å². The number of hydrogen-bond donors (Lipinski definition) is 1. The van der Waals surface area contributed by atoms with Crippen LogP contribution >= 0.6 is 34.8 Å². The summed E-state index contributed by atoms with van der Waals surface area (Å²) >= 11 is 17.6. The van der Waals surface area contributed by atoms with Gasteiger partial charge in [-0.25, -0.2) is 13.1 Å². The Balaban J connectivity index is 1.92. The van der Waals surface area contributed by atoms with Crippen LogP contribution in [0.2, 0.25) is 15.1 Å². The highest BCUT2D eigenvalue weighted by Gasteiger charge is 2.12. The van der Waals surface area contributed by atoms with E-state index in [1.807, 2.05) is 18.2 Å². The Bertz CT molecular complexity index is 763. The lowest BCUT2D eigenvalue weighted by Crippen LogP contribution is -2.27. The predicted molar refractivity (Wildman–Crippen MR) is 92.2 cm³/mol. The van der Waals surface area contributed by atoms with Gasteiger partial charge in [-0.3, -0.25) is 0 Å². The van der Waals surface area contributed by atoms with Gasteiger partial charge in [-0.2, -0.15) is 0 Å². The Morgan fingerprint density at radius 1 is 0.909 bits per heavy atom. The molecule has 0 spiro atoms. The lowest BCUT2D eigenvalue weighted by atomic mass is 10.2. The van der Waals surface area contributed by atoms with E-state index >= 15 is 0 Å². The van der Waals surface area contributed by atoms with Crippen LogP contribution in [0, 0.1) is 0 Å². The Morgan fingerprint density at radius 2 is 1.68 bits per heavy atom. The van der Waals surface area contributed by atoms with Crippen LogP contribution in [0.15, 0.2) is 42.5 Å². The van der Waals surface area contributed by atoms with Crippen molar-refractivity contribution in [3.05, 3.63) is 68.7 Å². The van der Waals surface area contributed by atoms with Crippen LogP contribution in [0.5, 0.6) is 0 Å². The largest absolute Gasteiger partial charge is 0.215 e. The van der Waals surface area contributed by atoms with Crippen LogP contribution in [0.1, 0.15) is 11.1 Å². The first-order chi connectivity index (χ1) is 10.4. The van der Waals surface area contributed by atoms with Gasteiger partial charge >= 0.3 is 0 Å². The first kappa shape index (κ1) is 17.6. The van der Waals surface area contributed by atoms with Crippen LogP contribution in [0.3, 0.4) is 0 Å². The number of nitrogens with one attached hydrogen (secondary N) is 1. The lowest BCUT2D eigenvalue weighted by Gasteiger charge is -2.08. The zero-order valence-corrected chi connectivity index (χ0v) is 14.6. The molecule has 0 saturated carbocycles. The standard InChI is InChI=1S/C15H14Cl3NO2S/c16-13-3-1-2-11(8-13)6-7-19-22(20,21)10-12-4-5-14(17)15(18)9-12/h1-5,8-9,19H,6-7,10H2. The van der Waals surface area contributed by atoms with Crippen LogP contribution in [-0.2, 0) is 22.2 Å². The number of rotatable bonds is 6. The average Bonchev–Trinajstić information content (AvgIpc) is 2.42. The molecule has 0 aliphatic carbocycles. The van der Waals surface area contributed by atoms with Crippen molar-refractivity contribution in [1.29, 1.82) is 0 Å². The smallest absolute Gasteiger partial charge is 0.215 e. The van der Waals surface area contributed by atoms with E-state index in [9.17, 15) is 8.42 Å². The van der Waals surface area contributed by atoms with E-state index in [-0.39, 0.29) is 5.75 Å². The molecule has 3 nitrogen and oxygen atoms in total. The van der Waals surface area contributed by atoms with Crippen molar-refractivity contribution in [1.82, 2.24) is 4.72 Å². The normalized spacial score (nSPS) is 11.6. The van der Waals surface area contributed by atoms with Crippen LogP contribution in [0.4, 0.5) is 0 Å². The zero-order valence-electron chi connectivity index (χ0n) is 11.5. The summed E-state index contributed by atoms with van der Waals surface area (Å²) in [6.07, 6.45) is 0.571. The van der Waals surface area contributed by atoms with Gasteiger partial charge in [-0.05, 0) is 41.8 Å². The van der Waals surface area contributed by atoms with Crippen LogP contribution in [0.25, 0.3) is 0 Å². The maximum absolute atomic E-state index is 12.0. The first-order valence-electron chi connectivity index (χ1n) is 6.51. The van der Waals surface area contributed by atoms with E-state index in [4.69, 9.17) is 34.8 Å². The third kappa shape index (κ3) is 5.45. The maximum Gasteiger partial charge on any atom is 0.215 e. The summed E-state index contributed by atoms with van der Waals surface area (Å²) < 4.78 is 26.6. The SMILES string of the molecule is O=S(=O)(Cc1ccc(Cl)c(Cl)c1)NCCc1cccc(Cl)c1. The maximum atomic E-state index is 12.0. The molecule has 7 heteroatoms. The summed E-state index contributed by atoms with van der Waals surface area (Å²) in [6.45, 7) is 0.310. The lowest BCUT2D eigenvalue weighted by molar-refractivity contribution is 0.581. The highest BCUT2D eigenvalue weighted by atomic mass is 35.5. The monoisotopic (exact) mass is 377 g/mol. The fourth-order valence-electron chi connectivity index (χ4n) is 1.94. The molecule has 2 aromatic carbocycles. The minimum absolute atomic E-state index is 0.139. The fourth-order valence-corrected chi connectivity index (χ4v) is 3.61. The molecule has 118 valence electrons. The van der Waals surface area contributed by atoms with Gasteiger partial charge in [0, 0.05) is 11.6 Å². The van der Waals surface area contributed by atoms with E-state index in [0.717, 1.165) is 5.56 Å². The quantitative estimate of drug-likeness (QED) is 0.814. The molecule has 0 aliphatic rings. The predicted octanol–water partition coefficient (Wildman–Crippen LogP) is 4.31. The molecule has 0 aliphatic heterocycles. The van der Waals surface area contributed by atoms with Gasteiger partial charge in [0.1, 0.15) is 0 Å². The zero-order chi connectivity index (χ0) is 16.2. The molecule has 2 aromatic rings. The summed E-state index contributed by atoms with van der Waals surface area (Å²) in [5.74, 6) is -0.139. The molecule has 0 unspecified atom stereocenters. The Hall–Kier alpha value is -0.780. The number of halogens is 3. The van der Waals surface area contributed by atoms with Crippen molar-refractivity contribution < 1.29 is 8.42 Å². The Morgan fingerprint density at radius 3 is 2.36 bits per heavy atom. The van der Waals surface area contributed by atoms with Crippen LogP contribution in [-0.4, -0.2) is 15.0 Å². The van der Waals surface area contributed by atoms with Gasteiger partial charge in [0.05, 0.1) is 15.8 Å². The molecule has 0 atom stereocenters. The average molecular weight is 379 g/mol. The van der Waals surface area contributed by atoms with E-state index in [0.29, 0.717) is 33.6 Å². The van der Waals surface area contributed by atoms with Gasteiger partial charge in [0.15, 0.2) is 0 Å². The fraction of sp³-hybridized carbons (Fsp3) is 0.200. The second kappa shape index (κ2) is 7.66. The van der Waals surface area contributed by atoms with Gasteiger partial charge in [-0.1, -0.05) is 53.0 Å². The third-order valence-electron chi connectivity index (χ3n) is 2.97. The summed E-state index contributed by atoms with van der Waals surface area (Å²) in [7, 11) is -3.43. The first-order valence-corrected chi connectivity index (χ1v) is 9.30. The van der Waals surface area contributed by atoms with E-state index in [2.05, 4.69) is 4.72 Å². The molecule has 1 N–H and O–H groups in total. The van der Waals surface area contributed by atoms with Gasteiger partial charge in [0.25, 0.3) is 0 Å².